The van der Waals surface area contributed by atoms with Crippen molar-refractivity contribution >= 4 is 5.97 Å². The summed E-state index contributed by atoms with van der Waals surface area (Å²) in [4.78, 5) is 11.0. The Morgan fingerprint density at radius 2 is 2.09 bits per heavy atom. The molecular weight excluding hydrogens is 296 g/mol. The van der Waals surface area contributed by atoms with Gasteiger partial charge in [-0.2, -0.15) is 0 Å². The molecule has 0 fully saturated rings. The van der Waals surface area contributed by atoms with Crippen LogP contribution in [0.25, 0.3) is 0 Å². The van der Waals surface area contributed by atoms with E-state index in [2.05, 4.69) is 0 Å². The molecule has 0 radical (unpaired) electrons. The van der Waals surface area contributed by atoms with Crippen molar-refractivity contribution < 1.29 is 24.9 Å². The number of carboxylic acids is 1. The summed E-state index contributed by atoms with van der Waals surface area (Å²) in [6, 6.07) is 9.27. The first-order chi connectivity index (χ1) is 10.9. The number of hydrogen-bond donors (Lipinski definition) is 3. The van der Waals surface area contributed by atoms with E-state index >= 15 is 0 Å². The summed E-state index contributed by atoms with van der Waals surface area (Å²) in [6.45, 7) is 1.97. The molecule has 0 saturated heterocycles. The van der Waals surface area contributed by atoms with Gasteiger partial charge in [-0.25, -0.2) is 0 Å². The van der Waals surface area contributed by atoms with Crippen LogP contribution in [0.15, 0.2) is 42.0 Å². The molecule has 0 aliphatic heterocycles. The van der Waals surface area contributed by atoms with Crippen LogP contribution in [-0.4, -0.2) is 40.1 Å². The Kier molecular flexibility index (Phi) is 5.80. The summed E-state index contributed by atoms with van der Waals surface area (Å²) < 4.78 is 5.51. The van der Waals surface area contributed by atoms with E-state index in [9.17, 15) is 15.0 Å². The summed E-state index contributed by atoms with van der Waals surface area (Å²) in [5.41, 5.74) is 0.164. The second-order valence-corrected chi connectivity index (χ2v) is 6.29. The van der Waals surface area contributed by atoms with Crippen LogP contribution in [0.5, 0.6) is 5.75 Å². The molecule has 1 aliphatic rings. The van der Waals surface area contributed by atoms with E-state index in [1.54, 1.807) is 6.92 Å². The minimum absolute atomic E-state index is 0.101. The minimum Gasteiger partial charge on any atom is -0.491 e. The standard InChI is InChI=1S/C18H24O5/c1-18(11-17(21)22)13(8-10-16(18)20)7-9-14(19)12-23-15-5-3-2-4-6-15/h2-6,8,14,16,19-20H,7,9-12H2,1H3,(H,21,22)/t14?,16-,18+/m0/s1. The maximum absolute atomic E-state index is 11.0. The molecule has 1 aromatic rings. The van der Waals surface area contributed by atoms with Gasteiger partial charge in [0.25, 0.3) is 0 Å². The first-order valence-electron chi connectivity index (χ1n) is 7.87. The van der Waals surface area contributed by atoms with Crippen LogP contribution in [0.3, 0.4) is 0 Å². The average molecular weight is 320 g/mol. The first kappa shape index (κ1) is 17.5. The fourth-order valence-electron chi connectivity index (χ4n) is 3.01. The van der Waals surface area contributed by atoms with E-state index in [4.69, 9.17) is 9.84 Å². The monoisotopic (exact) mass is 320 g/mol. The van der Waals surface area contributed by atoms with Crippen LogP contribution < -0.4 is 4.74 Å². The fraction of sp³-hybridized carbons (Fsp3) is 0.500. The number of hydrogen-bond acceptors (Lipinski definition) is 4. The van der Waals surface area contributed by atoms with E-state index in [1.165, 1.54) is 0 Å². The second-order valence-electron chi connectivity index (χ2n) is 6.29. The van der Waals surface area contributed by atoms with Gasteiger partial charge in [-0.15, -0.1) is 0 Å². The summed E-state index contributed by atoms with van der Waals surface area (Å²) in [5, 5.41) is 29.2. The first-order valence-corrected chi connectivity index (χ1v) is 7.87. The van der Waals surface area contributed by atoms with Gasteiger partial charge >= 0.3 is 5.97 Å². The highest BCUT2D eigenvalue weighted by atomic mass is 16.5. The van der Waals surface area contributed by atoms with Crippen LogP contribution in [0.2, 0.25) is 0 Å². The van der Waals surface area contributed by atoms with Gasteiger partial charge in [0, 0.05) is 5.41 Å². The number of para-hydroxylation sites is 1. The number of aliphatic carboxylic acids is 1. The van der Waals surface area contributed by atoms with Crippen molar-refractivity contribution in [1.29, 1.82) is 0 Å². The highest BCUT2D eigenvalue weighted by Gasteiger charge is 2.41. The molecule has 0 aromatic heterocycles. The summed E-state index contributed by atoms with van der Waals surface area (Å²) in [7, 11) is 0. The molecule has 0 spiro atoms. The molecule has 2 rings (SSSR count). The SMILES string of the molecule is C[C@@]1(CC(=O)O)C(CCC(O)COc2ccccc2)=CC[C@@H]1O. The lowest BCUT2D eigenvalue weighted by atomic mass is 9.76. The lowest BCUT2D eigenvalue weighted by Crippen LogP contribution is -2.33. The number of aliphatic hydroxyl groups is 2. The number of aliphatic hydroxyl groups excluding tert-OH is 2. The van der Waals surface area contributed by atoms with Crippen molar-refractivity contribution in [3.05, 3.63) is 42.0 Å². The Balaban J connectivity index is 1.83. The third-order valence-corrected chi connectivity index (χ3v) is 4.51. The zero-order valence-corrected chi connectivity index (χ0v) is 13.3. The number of carbonyl (C=O) groups is 1. The van der Waals surface area contributed by atoms with Crippen LogP contribution in [0.1, 0.15) is 32.6 Å². The smallest absolute Gasteiger partial charge is 0.304 e. The van der Waals surface area contributed by atoms with Gasteiger partial charge in [-0.1, -0.05) is 36.8 Å². The zero-order valence-electron chi connectivity index (χ0n) is 13.3. The van der Waals surface area contributed by atoms with Gasteiger partial charge in [-0.3, -0.25) is 4.79 Å². The van der Waals surface area contributed by atoms with E-state index in [0.29, 0.717) is 25.0 Å². The summed E-state index contributed by atoms with van der Waals surface area (Å²) in [5.74, 6) is -0.218. The second kappa shape index (κ2) is 7.62. The van der Waals surface area contributed by atoms with Gasteiger partial charge < -0.3 is 20.1 Å². The molecule has 5 nitrogen and oxygen atoms in total. The molecule has 0 heterocycles. The largest absolute Gasteiger partial charge is 0.491 e. The quantitative estimate of drug-likeness (QED) is 0.640. The third kappa shape index (κ3) is 4.56. The minimum atomic E-state index is -0.924. The highest BCUT2D eigenvalue weighted by molar-refractivity contribution is 5.68. The Morgan fingerprint density at radius 1 is 1.39 bits per heavy atom. The predicted molar refractivity (Wildman–Crippen MR) is 86.2 cm³/mol. The van der Waals surface area contributed by atoms with Crippen molar-refractivity contribution in [2.45, 2.75) is 44.8 Å². The van der Waals surface area contributed by atoms with Crippen molar-refractivity contribution in [3.63, 3.8) is 0 Å². The Morgan fingerprint density at radius 3 is 2.74 bits per heavy atom. The molecule has 1 unspecified atom stereocenters. The lowest BCUT2D eigenvalue weighted by Gasteiger charge is -2.31. The Bertz CT molecular complexity index is 554. The molecule has 5 heteroatoms. The number of benzene rings is 1. The predicted octanol–water partition coefficient (Wildman–Crippen LogP) is 2.38. The lowest BCUT2D eigenvalue weighted by molar-refractivity contribution is -0.140. The molecule has 3 atom stereocenters. The molecule has 3 N–H and O–H groups in total. The summed E-state index contributed by atoms with van der Waals surface area (Å²) >= 11 is 0. The molecule has 0 saturated carbocycles. The maximum Gasteiger partial charge on any atom is 0.304 e. The third-order valence-electron chi connectivity index (χ3n) is 4.51. The number of carboxylic acid groups (broad SMARTS) is 1. The maximum atomic E-state index is 11.0. The normalized spacial score (nSPS) is 25.0. The molecule has 0 bridgehead atoms. The van der Waals surface area contributed by atoms with Crippen molar-refractivity contribution in [3.8, 4) is 5.75 Å². The highest BCUT2D eigenvalue weighted by Crippen LogP contribution is 2.44. The van der Waals surface area contributed by atoms with Crippen LogP contribution >= 0.6 is 0 Å². The summed E-state index contributed by atoms with van der Waals surface area (Å²) in [6.07, 6.45) is 1.99. The number of rotatable bonds is 8. The topological polar surface area (TPSA) is 87.0 Å². The van der Waals surface area contributed by atoms with Crippen molar-refractivity contribution in [2.24, 2.45) is 5.41 Å². The molecule has 1 aliphatic carbocycles. The van der Waals surface area contributed by atoms with Crippen LogP contribution in [0, 0.1) is 5.41 Å². The van der Waals surface area contributed by atoms with Crippen molar-refractivity contribution in [1.82, 2.24) is 0 Å². The van der Waals surface area contributed by atoms with Crippen LogP contribution in [-0.2, 0) is 4.79 Å². The average Bonchev–Trinajstić information content (AvgIpc) is 2.78. The van der Waals surface area contributed by atoms with Crippen molar-refractivity contribution in [2.75, 3.05) is 6.61 Å². The van der Waals surface area contributed by atoms with Gasteiger partial charge in [0.1, 0.15) is 12.4 Å². The molecule has 1 aromatic carbocycles. The Hall–Kier alpha value is -1.85. The van der Waals surface area contributed by atoms with Crippen LogP contribution in [0.4, 0.5) is 0 Å². The zero-order chi connectivity index (χ0) is 16.9. The van der Waals surface area contributed by atoms with Gasteiger partial charge in [0.15, 0.2) is 0 Å². The van der Waals surface area contributed by atoms with E-state index in [1.807, 2.05) is 36.4 Å². The number of ether oxygens (including phenoxy) is 1. The molecule has 23 heavy (non-hydrogen) atoms. The van der Waals surface area contributed by atoms with Gasteiger partial charge in [-0.05, 0) is 31.4 Å². The molecule has 0 amide bonds. The van der Waals surface area contributed by atoms with E-state index in [-0.39, 0.29) is 13.0 Å². The van der Waals surface area contributed by atoms with Gasteiger partial charge in [0.2, 0.25) is 0 Å². The van der Waals surface area contributed by atoms with E-state index < -0.39 is 23.6 Å². The van der Waals surface area contributed by atoms with Gasteiger partial charge in [0.05, 0.1) is 18.6 Å². The van der Waals surface area contributed by atoms with E-state index in [0.717, 1.165) is 5.57 Å². The fourth-order valence-corrected chi connectivity index (χ4v) is 3.01. The molecular formula is C18H24O5. The molecule has 126 valence electrons. The Labute approximate surface area is 136 Å².